The van der Waals surface area contributed by atoms with Gasteiger partial charge in [0.1, 0.15) is 5.54 Å². The molecule has 3 unspecified atom stereocenters. The van der Waals surface area contributed by atoms with Crippen molar-refractivity contribution in [2.75, 3.05) is 32.8 Å². The Morgan fingerprint density at radius 2 is 2.05 bits per heavy atom. The first-order chi connectivity index (χ1) is 8.99. The lowest BCUT2D eigenvalue weighted by atomic mass is 9.46. The van der Waals surface area contributed by atoms with E-state index in [1.165, 1.54) is 0 Å². The summed E-state index contributed by atoms with van der Waals surface area (Å²) in [6.07, 6.45) is 2.19. The van der Waals surface area contributed by atoms with Crippen molar-refractivity contribution in [3.05, 3.63) is 0 Å². The minimum atomic E-state index is -0.741. The zero-order valence-electron chi connectivity index (χ0n) is 11.9. The molecule has 5 heteroatoms. The number of nitrogens with one attached hydrogen (secondary N) is 1. The van der Waals surface area contributed by atoms with Gasteiger partial charge in [0.05, 0.1) is 6.10 Å². The van der Waals surface area contributed by atoms with E-state index in [0.29, 0.717) is 0 Å². The molecule has 3 atom stereocenters. The summed E-state index contributed by atoms with van der Waals surface area (Å²) in [5.74, 6) is 0.324. The lowest BCUT2D eigenvalue weighted by molar-refractivity contribution is -0.230. The number of hydrogen-bond donors (Lipinski definition) is 2. The smallest absolute Gasteiger partial charge is 0.243 e. The first kappa shape index (κ1) is 13.3. The zero-order valence-corrected chi connectivity index (χ0v) is 11.9. The highest BCUT2D eigenvalue weighted by atomic mass is 16.5. The fraction of sp³-hybridized carbons (Fsp3) is 0.929. The van der Waals surface area contributed by atoms with Gasteiger partial charge in [-0.05, 0) is 12.8 Å². The highest BCUT2D eigenvalue weighted by Crippen LogP contribution is 2.57. The second-order valence-electron chi connectivity index (χ2n) is 6.67. The molecule has 0 bridgehead atoms. The zero-order chi connectivity index (χ0) is 13.7. The van der Waals surface area contributed by atoms with Crippen molar-refractivity contribution in [2.45, 2.75) is 38.3 Å². The standard InChI is InChI=1S/C14H25N3O2/c1-13(2)11-10(4-3-9-19-11)14(13,15)12(18)17-7-5-16-6-8-17/h10-11,16H,3-9,15H2,1-2H3. The lowest BCUT2D eigenvalue weighted by Gasteiger charge is -2.65. The van der Waals surface area contributed by atoms with Gasteiger partial charge in [-0.15, -0.1) is 0 Å². The molecule has 2 aliphatic heterocycles. The van der Waals surface area contributed by atoms with E-state index < -0.39 is 5.54 Å². The van der Waals surface area contributed by atoms with Crippen molar-refractivity contribution >= 4 is 5.91 Å². The van der Waals surface area contributed by atoms with E-state index in [1.54, 1.807) is 0 Å². The van der Waals surface area contributed by atoms with Crippen LogP contribution in [-0.4, -0.2) is 55.2 Å². The highest BCUT2D eigenvalue weighted by Gasteiger charge is 2.70. The summed E-state index contributed by atoms with van der Waals surface area (Å²) in [7, 11) is 0. The normalized spacial score (nSPS) is 41.3. The average Bonchev–Trinajstić information content (AvgIpc) is 2.46. The molecule has 2 heterocycles. The monoisotopic (exact) mass is 267 g/mol. The predicted molar refractivity (Wildman–Crippen MR) is 72.6 cm³/mol. The molecule has 3 rings (SSSR count). The van der Waals surface area contributed by atoms with Gasteiger partial charge in [-0.25, -0.2) is 0 Å². The molecule has 19 heavy (non-hydrogen) atoms. The molecule has 5 nitrogen and oxygen atoms in total. The van der Waals surface area contributed by atoms with Crippen LogP contribution in [0.1, 0.15) is 26.7 Å². The van der Waals surface area contributed by atoms with Gasteiger partial charge < -0.3 is 20.7 Å². The van der Waals surface area contributed by atoms with E-state index >= 15 is 0 Å². The van der Waals surface area contributed by atoms with E-state index in [-0.39, 0.29) is 23.3 Å². The molecule has 2 saturated heterocycles. The van der Waals surface area contributed by atoms with Crippen molar-refractivity contribution in [3.8, 4) is 0 Å². The van der Waals surface area contributed by atoms with Gasteiger partial charge in [0, 0.05) is 44.1 Å². The van der Waals surface area contributed by atoms with Crippen LogP contribution in [0.4, 0.5) is 0 Å². The van der Waals surface area contributed by atoms with E-state index in [1.807, 2.05) is 4.90 Å². The van der Waals surface area contributed by atoms with Gasteiger partial charge in [0.25, 0.3) is 0 Å². The Balaban J connectivity index is 1.82. The molecule has 0 aromatic carbocycles. The number of nitrogens with two attached hydrogens (primary N) is 1. The Labute approximate surface area is 114 Å². The summed E-state index contributed by atoms with van der Waals surface area (Å²) in [6.45, 7) is 8.25. The Bertz CT molecular complexity index is 379. The van der Waals surface area contributed by atoms with Gasteiger partial charge in [-0.1, -0.05) is 13.8 Å². The van der Waals surface area contributed by atoms with Crippen LogP contribution < -0.4 is 11.1 Å². The Morgan fingerprint density at radius 1 is 1.37 bits per heavy atom. The van der Waals surface area contributed by atoms with Crippen molar-refractivity contribution in [1.82, 2.24) is 10.2 Å². The van der Waals surface area contributed by atoms with Crippen LogP contribution in [0.3, 0.4) is 0 Å². The van der Waals surface area contributed by atoms with Gasteiger partial charge in [-0.2, -0.15) is 0 Å². The molecule has 1 saturated carbocycles. The third-order valence-corrected chi connectivity index (χ3v) is 5.44. The first-order valence-electron chi connectivity index (χ1n) is 7.40. The maximum Gasteiger partial charge on any atom is 0.243 e. The number of carbonyl (C=O) groups is 1. The molecule has 3 N–H and O–H groups in total. The van der Waals surface area contributed by atoms with Gasteiger partial charge in [0.2, 0.25) is 5.91 Å². The second kappa shape index (κ2) is 4.43. The van der Waals surface area contributed by atoms with Crippen LogP contribution in [0.15, 0.2) is 0 Å². The SMILES string of the molecule is CC1(C)C2OCCCC2C1(N)C(=O)N1CCNCC1. The molecule has 3 aliphatic rings. The Hall–Kier alpha value is -0.650. The molecule has 1 aliphatic carbocycles. The van der Waals surface area contributed by atoms with Crippen molar-refractivity contribution in [1.29, 1.82) is 0 Å². The van der Waals surface area contributed by atoms with Crippen LogP contribution in [0.5, 0.6) is 0 Å². The van der Waals surface area contributed by atoms with Gasteiger partial charge >= 0.3 is 0 Å². The molecule has 0 radical (unpaired) electrons. The van der Waals surface area contributed by atoms with E-state index in [9.17, 15) is 4.79 Å². The topological polar surface area (TPSA) is 67.6 Å². The first-order valence-corrected chi connectivity index (χ1v) is 7.40. The van der Waals surface area contributed by atoms with Crippen molar-refractivity contribution in [3.63, 3.8) is 0 Å². The number of fused-ring (bicyclic) bond motifs is 1. The summed E-state index contributed by atoms with van der Waals surface area (Å²) in [5.41, 5.74) is 5.61. The average molecular weight is 267 g/mol. The fourth-order valence-corrected chi connectivity index (χ4v) is 4.14. The molecule has 0 aromatic rings. The molecule has 108 valence electrons. The summed E-state index contributed by atoms with van der Waals surface area (Å²) in [6, 6.07) is 0. The third kappa shape index (κ3) is 1.68. The van der Waals surface area contributed by atoms with Gasteiger partial charge in [0.15, 0.2) is 0 Å². The number of piperazine rings is 1. The minimum absolute atomic E-state index is 0.130. The summed E-state index contributed by atoms with van der Waals surface area (Å²) < 4.78 is 5.86. The summed E-state index contributed by atoms with van der Waals surface area (Å²) in [5, 5.41) is 3.27. The van der Waals surface area contributed by atoms with Crippen LogP contribution >= 0.6 is 0 Å². The molecule has 3 fully saturated rings. The summed E-state index contributed by atoms with van der Waals surface area (Å²) >= 11 is 0. The number of nitrogens with zero attached hydrogens (tertiary/aromatic N) is 1. The van der Waals surface area contributed by atoms with Crippen LogP contribution in [0.25, 0.3) is 0 Å². The number of hydrogen-bond acceptors (Lipinski definition) is 4. The van der Waals surface area contributed by atoms with Gasteiger partial charge in [-0.3, -0.25) is 4.79 Å². The largest absolute Gasteiger partial charge is 0.377 e. The quantitative estimate of drug-likeness (QED) is 0.699. The van der Waals surface area contributed by atoms with E-state index in [4.69, 9.17) is 10.5 Å². The third-order valence-electron chi connectivity index (χ3n) is 5.44. The predicted octanol–water partition coefficient (Wildman–Crippen LogP) is -0.0493. The van der Waals surface area contributed by atoms with E-state index in [2.05, 4.69) is 19.2 Å². The van der Waals surface area contributed by atoms with Crippen LogP contribution in [0.2, 0.25) is 0 Å². The second-order valence-corrected chi connectivity index (χ2v) is 6.67. The molecule has 0 spiro atoms. The lowest BCUT2D eigenvalue weighted by Crippen LogP contribution is -2.82. The summed E-state index contributed by atoms with van der Waals surface area (Å²) in [4.78, 5) is 14.8. The number of carbonyl (C=O) groups excluding carboxylic acids is 1. The maximum atomic E-state index is 12.9. The number of ether oxygens (including phenoxy) is 1. The Kier molecular flexibility index (Phi) is 3.11. The maximum absolute atomic E-state index is 12.9. The minimum Gasteiger partial charge on any atom is -0.377 e. The Morgan fingerprint density at radius 3 is 2.74 bits per heavy atom. The number of rotatable bonds is 1. The molecule has 0 aromatic heterocycles. The molecular weight excluding hydrogens is 242 g/mol. The van der Waals surface area contributed by atoms with E-state index in [0.717, 1.165) is 45.6 Å². The van der Waals surface area contributed by atoms with Crippen LogP contribution in [-0.2, 0) is 9.53 Å². The highest BCUT2D eigenvalue weighted by molar-refractivity contribution is 5.89. The van der Waals surface area contributed by atoms with Crippen molar-refractivity contribution in [2.24, 2.45) is 17.1 Å². The van der Waals surface area contributed by atoms with Crippen molar-refractivity contribution < 1.29 is 9.53 Å². The number of amides is 1. The fourth-order valence-electron chi connectivity index (χ4n) is 4.14. The molecular formula is C14H25N3O2. The van der Waals surface area contributed by atoms with Crippen LogP contribution in [0, 0.1) is 11.3 Å². The molecule has 1 amide bonds.